The highest BCUT2D eigenvalue weighted by atomic mass is 35.5. The standard InChI is InChI=1S/C21H25Cl2N3O3S/c1-16-4-2-5-18(14-16)25-9-11-26(12-10-25)30(28,29)13-3-8-24-21(27)19-7-6-17(22)15-20(19)23/h2,4-7,14-15H,3,8-13H2,1H3,(H,24,27). The Hall–Kier alpha value is -1.80. The Bertz CT molecular complexity index is 1010. The number of benzene rings is 2. The average molecular weight is 470 g/mol. The summed E-state index contributed by atoms with van der Waals surface area (Å²) in [6, 6.07) is 12.8. The van der Waals surface area contributed by atoms with Crippen LogP contribution in [0.15, 0.2) is 42.5 Å². The monoisotopic (exact) mass is 469 g/mol. The number of anilines is 1. The molecule has 1 saturated heterocycles. The van der Waals surface area contributed by atoms with Crippen LogP contribution in [0.1, 0.15) is 22.3 Å². The molecule has 0 atom stereocenters. The van der Waals surface area contributed by atoms with Gasteiger partial charge in [-0.05, 0) is 49.2 Å². The third-order valence-corrected chi connectivity index (χ3v) is 7.54. The number of aryl methyl sites for hydroxylation is 1. The minimum absolute atomic E-state index is 0.00786. The number of carbonyl (C=O) groups is 1. The minimum atomic E-state index is -3.36. The first-order valence-electron chi connectivity index (χ1n) is 9.79. The number of nitrogens with zero attached hydrogens (tertiary/aromatic N) is 2. The first-order chi connectivity index (χ1) is 14.3. The van der Waals surface area contributed by atoms with Gasteiger partial charge in [0.25, 0.3) is 5.91 Å². The fraction of sp³-hybridized carbons (Fsp3) is 0.381. The van der Waals surface area contributed by atoms with Crippen molar-refractivity contribution in [2.45, 2.75) is 13.3 Å². The van der Waals surface area contributed by atoms with E-state index >= 15 is 0 Å². The number of sulfonamides is 1. The molecule has 6 nitrogen and oxygen atoms in total. The topological polar surface area (TPSA) is 69.7 Å². The van der Waals surface area contributed by atoms with Crippen molar-refractivity contribution in [1.29, 1.82) is 0 Å². The summed E-state index contributed by atoms with van der Waals surface area (Å²) in [7, 11) is -3.36. The van der Waals surface area contributed by atoms with Crippen molar-refractivity contribution in [1.82, 2.24) is 9.62 Å². The lowest BCUT2D eigenvalue weighted by atomic mass is 10.2. The molecule has 2 aromatic rings. The Balaban J connectivity index is 1.45. The van der Waals surface area contributed by atoms with Crippen LogP contribution in [-0.2, 0) is 10.0 Å². The van der Waals surface area contributed by atoms with Gasteiger partial charge in [-0.3, -0.25) is 4.79 Å². The fourth-order valence-electron chi connectivity index (χ4n) is 3.40. The van der Waals surface area contributed by atoms with E-state index in [-0.39, 0.29) is 23.2 Å². The first kappa shape index (κ1) is 22.9. The van der Waals surface area contributed by atoms with E-state index in [1.165, 1.54) is 15.9 Å². The van der Waals surface area contributed by atoms with Gasteiger partial charge in [0.2, 0.25) is 10.0 Å². The molecule has 30 heavy (non-hydrogen) atoms. The molecule has 1 amide bonds. The van der Waals surface area contributed by atoms with Crippen LogP contribution < -0.4 is 10.2 Å². The van der Waals surface area contributed by atoms with Crippen molar-refractivity contribution in [3.63, 3.8) is 0 Å². The van der Waals surface area contributed by atoms with E-state index in [1.54, 1.807) is 12.1 Å². The highest BCUT2D eigenvalue weighted by molar-refractivity contribution is 7.89. The van der Waals surface area contributed by atoms with Gasteiger partial charge in [-0.25, -0.2) is 8.42 Å². The number of hydrogen-bond acceptors (Lipinski definition) is 4. The van der Waals surface area contributed by atoms with Crippen molar-refractivity contribution in [3.05, 3.63) is 63.6 Å². The number of nitrogens with one attached hydrogen (secondary N) is 1. The Morgan fingerprint density at radius 2 is 1.80 bits per heavy atom. The van der Waals surface area contributed by atoms with Crippen molar-refractivity contribution < 1.29 is 13.2 Å². The summed E-state index contributed by atoms with van der Waals surface area (Å²) in [5.41, 5.74) is 2.62. The van der Waals surface area contributed by atoms with E-state index in [1.807, 2.05) is 25.1 Å². The Labute approximate surface area is 187 Å². The number of rotatable bonds is 7. The second-order valence-corrected chi connectivity index (χ2v) is 10.2. The van der Waals surface area contributed by atoms with Gasteiger partial charge in [-0.15, -0.1) is 0 Å². The maximum atomic E-state index is 12.6. The zero-order valence-corrected chi connectivity index (χ0v) is 19.1. The molecular weight excluding hydrogens is 445 g/mol. The van der Waals surface area contributed by atoms with E-state index < -0.39 is 10.0 Å². The molecule has 0 unspecified atom stereocenters. The van der Waals surface area contributed by atoms with Gasteiger partial charge >= 0.3 is 0 Å². The second kappa shape index (κ2) is 10.0. The van der Waals surface area contributed by atoms with Crippen LogP contribution in [0.5, 0.6) is 0 Å². The summed E-state index contributed by atoms with van der Waals surface area (Å²) in [4.78, 5) is 14.4. The van der Waals surface area contributed by atoms with Crippen LogP contribution in [0.2, 0.25) is 10.0 Å². The Morgan fingerprint density at radius 1 is 1.07 bits per heavy atom. The van der Waals surface area contributed by atoms with Crippen molar-refractivity contribution >= 4 is 44.8 Å². The van der Waals surface area contributed by atoms with Crippen molar-refractivity contribution in [2.24, 2.45) is 0 Å². The van der Waals surface area contributed by atoms with Gasteiger partial charge in [0.15, 0.2) is 0 Å². The predicted octanol–water partition coefficient (Wildman–Crippen LogP) is 3.57. The van der Waals surface area contributed by atoms with Crippen LogP contribution in [0.25, 0.3) is 0 Å². The van der Waals surface area contributed by atoms with Crippen LogP contribution >= 0.6 is 23.2 Å². The molecule has 1 heterocycles. The minimum Gasteiger partial charge on any atom is -0.369 e. The molecular formula is C21H25Cl2N3O3S. The molecule has 0 spiro atoms. The highest BCUT2D eigenvalue weighted by Gasteiger charge is 2.26. The maximum absolute atomic E-state index is 12.6. The maximum Gasteiger partial charge on any atom is 0.252 e. The molecule has 0 radical (unpaired) electrons. The average Bonchev–Trinajstić information content (AvgIpc) is 2.71. The van der Waals surface area contributed by atoms with E-state index in [0.717, 1.165) is 5.69 Å². The molecule has 0 aromatic heterocycles. The number of piperazine rings is 1. The van der Waals surface area contributed by atoms with E-state index in [0.29, 0.717) is 43.2 Å². The summed E-state index contributed by atoms with van der Waals surface area (Å²) in [5, 5.41) is 3.42. The summed E-state index contributed by atoms with van der Waals surface area (Å²) in [5.74, 6) is -0.354. The van der Waals surface area contributed by atoms with Crippen LogP contribution in [0, 0.1) is 6.92 Å². The summed E-state index contributed by atoms with van der Waals surface area (Å²) in [6.07, 6.45) is 0.331. The molecule has 162 valence electrons. The number of halogens is 2. The third kappa shape index (κ3) is 5.88. The lowest BCUT2D eigenvalue weighted by Gasteiger charge is -2.35. The van der Waals surface area contributed by atoms with Gasteiger partial charge < -0.3 is 10.2 Å². The van der Waals surface area contributed by atoms with Crippen LogP contribution in [0.3, 0.4) is 0 Å². The second-order valence-electron chi connectivity index (χ2n) is 7.27. The molecule has 1 aliphatic rings. The van der Waals surface area contributed by atoms with Crippen LogP contribution in [-0.4, -0.2) is 57.1 Å². The van der Waals surface area contributed by atoms with E-state index in [4.69, 9.17) is 23.2 Å². The molecule has 0 aliphatic carbocycles. The fourth-order valence-corrected chi connectivity index (χ4v) is 5.38. The summed E-state index contributed by atoms with van der Waals surface area (Å²) in [6.45, 7) is 4.54. The number of carbonyl (C=O) groups excluding carboxylic acids is 1. The van der Waals surface area contributed by atoms with Gasteiger partial charge in [0.05, 0.1) is 16.3 Å². The number of hydrogen-bond donors (Lipinski definition) is 1. The molecule has 1 fully saturated rings. The predicted molar refractivity (Wildman–Crippen MR) is 122 cm³/mol. The van der Waals surface area contributed by atoms with E-state index in [9.17, 15) is 13.2 Å². The summed E-state index contributed by atoms with van der Waals surface area (Å²) < 4.78 is 26.8. The largest absolute Gasteiger partial charge is 0.369 e. The lowest BCUT2D eigenvalue weighted by molar-refractivity contribution is 0.0954. The third-order valence-electron chi connectivity index (χ3n) is 5.04. The first-order valence-corrected chi connectivity index (χ1v) is 12.2. The molecule has 2 aromatic carbocycles. The Kier molecular flexibility index (Phi) is 7.63. The normalized spacial score (nSPS) is 15.2. The van der Waals surface area contributed by atoms with Gasteiger partial charge in [-0.2, -0.15) is 4.31 Å². The van der Waals surface area contributed by atoms with E-state index in [2.05, 4.69) is 16.3 Å². The van der Waals surface area contributed by atoms with Crippen molar-refractivity contribution in [3.8, 4) is 0 Å². The number of amides is 1. The quantitative estimate of drug-likeness (QED) is 0.629. The summed E-state index contributed by atoms with van der Waals surface area (Å²) >= 11 is 11.9. The zero-order valence-electron chi connectivity index (χ0n) is 16.8. The molecule has 3 rings (SSSR count). The molecule has 9 heteroatoms. The van der Waals surface area contributed by atoms with Crippen LogP contribution in [0.4, 0.5) is 5.69 Å². The van der Waals surface area contributed by atoms with Gasteiger partial charge in [-0.1, -0.05) is 35.3 Å². The molecule has 0 bridgehead atoms. The zero-order chi connectivity index (χ0) is 21.7. The van der Waals surface area contributed by atoms with Crippen molar-refractivity contribution in [2.75, 3.05) is 43.4 Å². The highest BCUT2D eigenvalue weighted by Crippen LogP contribution is 2.21. The lowest BCUT2D eigenvalue weighted by Crippen LogP contribution is -2.49. The van der Waals surface area contributed by atoms with Gasteiger partial charge in [0, 0.05) is 43.4 Å². The smallest absolute Gasteiger partial charge is 0.252 e. The SMILES string of the molecule is Cc1cccc(N2CCN(S(=O)(=O)CCCNC(=O)c3ccc(Cl)cc3Cl)CC2)c1. The Morgan fingerprint density at radius 3 is 2.47 bits per heavy atom. The molecule has 0 saturated carbocycles. The molecule has 1 N–H and O–H groups in total. The molecule has 1 aliphatic heterocycles. The van der Waals surface area contributed by atoms with Gasteiger partial charge in [0.1, 0.15) is 0 Å².